The van der Waals surface area contributed by atoms with E-state index >= 15 is 0 Å². The molecule has 0 saturated carbocycles. The van der Waals surface area contributed by atoms with Gasteiger partial charge in [0.15, 0.2) is 0 Å². The van der Waals surface area contributed by atoms with E-state index in [1.165, 1.54) is 77.9 Å². The van der Waals surface area contributed by atoms with E-state index in [1.54, 1.807) is 0 Å². The number of rotatable bonds is 18. The molecule has 0 aliphatic heterocycles. The average Bonchev–Trinajstić information content (AvgIpc) is 3.37. The van der Waals surface area contributed by atoms with E-state index < -0.39 is 0 Å². The summed E-state index contributed by atoms with van der Waals surface area (Å²) in [5.41, 5.74) is 22.3. The predicted octanol–water partition coefficient (Wildman–Crippen LogP) is 15.7. The van der Waals surface area contributed by atoms with Crippen molar-refractivity contribution in [2.45, 2.75) is 65.7 Å². The van der Waals surface area contributed by atoms with Crippen LogP contribution in [0, 0.1) is 27.7 Å². The lowest BCUT2D eigenvalue weighted by atomic mass is 9.78. The van der Waals surface area contributed by atoms with Gasteiger partial charge >= 0.3 is 0 Å². The molecule has 0 radical (unpaired) electrons. The number of hydrogen-bond acceptors (Lipinski definition) is 4. The minimum absolute atomic E-state index is 0.0299. The third-order valence-corrected chi connectivity index (χ3v) is 13.3. The highest BCUT2D eigenvalue weighted by molar-refractivity contribution is 5.61. The minimum Gasteiger partial charge on any atom is -0.381 e. The van der Waals surface area contributed by atoms with Crippen LogP contribution in [0.2, 0.25) is 0 Å². The summed E-state index contributed by atoms with van der Waals surface area (Å²) in [6, 6.07) is 79.4. The van der Waals surface area contributed by atoms with Crippen molar-refractivity contribution >= 4 is 22.7 Å². The highest BCUT2D eigenvalue weighted by Gasteiger charge is 2.25. The maximum Gasteiger partial charge on any atom is 0.0400 e. The van der Waals surface area contributed by atoms with Crippen LogP contribution in [0.3, 0.4) is 0 Å². The van der Waals surface area contributed by atoms with Crippen LogP contribution in [0.15, 0.2) is 218 Å². The molecule has 0 unspecified atom stereocenters. The number of aryl methyl sites for hydroxylation is 4. The fraction of sp³-hybridized carbons (Fsp3) is 0.156. The summed E-state index contributed by atoms with van der Waals surface area (Å²) in [5, 5.41) is 14.7. The van der Waals surface area contributed by atoms with Crippen molar-refractivity contribution in [1.82, 2.24) is 0 Å². The average molecular weight is 887 g/mol. The molecule has 4 heteroatoms. The molecule has 0 heterocycles. The van der Waals surface area contributed by atoms with Crippen LogP contribution >= 0.6 is 0 Å². The van der Waals surface area contributed by atoms with E-state index in [2.05, 4.69) is 267 Å². The molecule has 0 fully saturated rings. The summed E-state index contributed by atoms with van der Waals surface area (Å²) < 4.78 is 0. The smallest absolute Gasteiger partial charge is 0.0400 e. The summed E-state index contributed by atoms with van der Waals surface area (Å²) in [6.45, 7) is 12.1. The maximum absolute atomic E-state index is 3.67. The van der Waals surface area contributed by atoms with Gasteiger partial charge in [-0.25, -0.2) is 0 Å². The first kappa shape index (κ1) is 45.3. The fourth-order valence-electron chi connectivity index (χ4n) is 9.57. The Bertz CT molecular complexity index is 2640. The van der Waals surface area contributed by atoms with Gasteiger partial charge in [0.2, 0.25) is 0 Å². The van der Waals surface area contributed by atoms with E-state index in [1.807, 2.05) is 0 Å². The Morgan fingerprint density at radius 3 is 0.691 bits per heavy atom. The molecule has 0 aliphatic carbocycles. The number of benzene rings is 9. The molecular formula is C64H62N4. The summed E-state index contributed by atoms with van der Waals surface area (Å²) in [6.07, 6.45) is 0. The minimum atomic E-state index is 0.0299. The third-order valence-electron chi connectivity index (χ3n) is 13.3. The van der Waals surface area contributed by atoms with Gasteiger partial charge in [-0.15, -0.1) is 0 Å². The molecule has 0 saturated heterocycles. The molecule has 0 spiro atoms. The van der Waals surface area contributed by atoms with Gasteiger partial charge in [0.05, 0.1) is 0 Å². The zero-order valence-electron chi connectivity index (χ0n) is 39.8. The number of nitrogens with one attached hydrogen (secondary N) is 4. The van der Waals surface area contributed by atoms with Crippen LogP contribution in [0.25, 0.3) is 0 Å². The Labute approximate surface area is 404 Å². The zero-order chi connectivity index (χ0) is 46.7. The Morgan fingerprint density at radius 1 is 0.265 bits per heavy atom. The summed E-state index contributed by atoms with van der Waals surface area (Å²) in [7, 11) is 0. The summed E-state index contributed by atoms with van der Waals surface area (Å²) in [5.74, 6) is 0.0597. The normalized spacial score (nSPS) is 11.1. The van der Waals surface area contributed by atoms with Gasteiger partial charge < -0.3 is 21.3 Å². The second-order valence-corrected chi connectivity index (χ2v) is 18.2. The fourth-order valence-corrected chi connectivity index (χ4v) is 9.57. The van der Waals surface area contributed by atoms with Crippen molar-refractivity contribution in [2.24, 2.45) is 0 Å². The molecular weight excluding hydrogens is 825 g/mol. The Hall–Kier alpha value is -7.82. The third kappa shape index (κ3) is 11.2. The largest absolute Gasteiger partial charge is 0.381 e. The van der Waals surface area contributed by atoms with E-state index in [4.69, 9.17) is 0 Å². The van der Waals surface area contributed by atoms with Gasteiger partial charge in [-0.2, -0.15) is 0 Å². The molecule has 9 aromatic rings. The molecule has 9 rings (SSSR count). The van der Waals surface area contributed by atoms with Crippen molar-refractivity contribution < 1.29 is 0 Å². The van der Waals surface area contributed by atoms with Gasteiger partial charge in [-0.3, -0.25) is 0 Å². The molecule has 4 nitrogen and oxygen atoms in total. The molecule has 9 aromatic carbocycles. The molecule has 4 N–H and O–H groups in total. The molecule has 0 atom stereocenters. The van der Waals surface area contributed by atoms with Crippen LogP contribution in [0.5, 0.6) is 0 Å². The molecule has 68 heavy (non-hydrogen) atoms. The predicted molar refractivity (Wildman–Crippen MR) is 288 cm³/mol. The van der Waals surface area contributed by atoms with Crippen LogP contribution < -0.4 is 21.3 Å². The topological polar surface area (TPSA) is 48.1 Å². The van der Waals surface area contributed by atoms with E-state index in [0.717, 1.165) is 48.9 Å². The quantitative estimate of drug-likeness (QED) is 0.0649. The number of anilines is 4. The number of hydrogen-bond donors (Lipinski definition) is 4. The van der Waals surface area contributed by atoms with Gasteiger partial charge in [0.25, 0.3) is 0 Å². The van der Waals surface area contributed by atoms with Gasteiger partial charge in [-0.1, -0.05) is 170 Å². The Balaban J connectivity index is 1.06. The van der Waals surface area contributed by atoms with E-state index in [-0.39, 0.29) is 11.8 Å². The maximum atomic E-state index is 3.67. The SMILES string of the molecule is Cc1cc(NCc2ccccc2)ccc1C(c1ccc(C(c2ccc(NCc3ccccc3)cc2C)c2ccc(NCc3ccccc3)cc2C)cc1)c1ccc(NCc2ccccc2)cc1C. The summed E-state index contributed by atoms with van der Waals surface area (Å²) >= 11 is 0. The molecule has 0 amide bonds. The van der Waals surface area contributed by atoms with Crippen LogP contribution in [0.4, 0.5) is 22.7 Å². The first-order valence-corrected chi connectivity index (χ1v) is 24.0. The molecule has 338 valence electrons. The first-order chi connectivity index (χ1) is 33.3. The van der Waals surface area contributed by atoms with Gasteiger partial charge in [0, 0.05) is 60.8 Å². The molecule has 0 aromatic heterocycles. The van der Waals surface area contributed by atoms with Gasteiger partial charge in [0.1, 0.15) is 0 Å². The van der Waals surface area contributed by atoms with Crippen LogP contribution in [0.1, 0.15) is 89.7 Å². The van der Waals surface area contributed by atoms with E-state index in [0.29, 0.717) is 0 Å². The summed E-state index contributed by atoms with van der Waals surface area (Å²) in [4.78, 5) is 0. The molecule has 0 aliphatic rings. The van der Waals surface area contributed by atoms with Crippen molar-refractivity contribution in [1.29, 1.82) is 0 Å². The second-order valence-electron chi connectivity index (χ2n) is 18.2. The molecule has 0 bridgehead atoms. The van der Waals surface area contributed by atoms with Crippen LogP contribution in [-0.2, 0) is 26.2 Å². The van der Waals surface area contributed by atoms with Crippen LogP contribution in [-0.4, -0.2) is 0 Å². The van der Waals surface area contributed by atoms with Crippen molar-refractivity contribution in [3.8, 4) is 0 Å². The Kier molecular flexibility index (Phi) is 14.4. The lowest BCUT2D eigenvalue weighted by Crippen LogP contribution is -2.11. The van der Waals surface area contributed by atoms with Crippen molar-refractivity contribution in [3.63, 3.8) is 0 Å². The van der Waals surface area contributed by atoms with Crippen molar-refractivity contribution in [2.75, 3.05) is 21.3 Å². The van der Waals surface area contributed by atoms with Gasteiger partial charge in [-0.05, 0) is 154 Å². The van der Waals surface area contributed by atoms with Crippen molar-refractivity contribution in [3.05, 3.63) is 296 Å². The second kappa shape index (κ2) is 21.7. The zero-order valence-corrected chi connectivity index (χ0v) is 39.8. The highest BCUT2D eigenvalue weighted by atomic mass is 14.9. The monoisotopic (exact) mass is 886 g/mol. The lowest BCUT2D eigenvalue weighted by molar-refractivity contribution is 0.926. The van der Waals surface area contributed by atoms with E-state index in [9.17, 15) is 0 Å². The Morgan fingerprint density at radius 2 is 0.485 bits per heavy atom. The highest BCUT2D eigenvalue weighted by Crippen LogP contribution is 2.41. The first-order valence-electron chi connectivity index (χ1n) is 24.0. The standard InChI is InChI=1S/C64H62N4/c1-45-37-55(65-41-49-17-9-5-10-18-49)29-33-59(45)63(60-34-30-56(38-46(60)2)66-42-50-19-11-6-12-20-50)53-25-27-54(28-26-53)64(61-35-31-57(39-47(61)3)67-43-51-21-13-7-14-22-51)62-36-32-58(40-48(62)4)68-44-52-23-15-8-16-24-52/h5-40,63-68H,41-44H2,1-4H3. The lowest BCUT2D eigenvalue weighted by Gasteiger charge is -2.26.